The number of carbonyl (C=O) groups is 1. The topological polar surface area (TPSA) is 20.3 Å². The minimum Gasteiger partial charge on any atom is -0.308 e. The Balaban J connectivity index is 2.49. The summed E-state index contributed by atoms with van der Waals surface area (Å²) in [5.74, 6) is 0.127. The molecule has 15 heavy (non-hydrogen) atoms. The van der Waals surface area contributed by atoms with Gasteiger partial charge in [0.15, 0.2) is 0 Å². The van der Waals surface area contributed by atoms with Crippen molar-refractivity contribution in [2.45, 2.75) is 37.0 Å². The van der Waals surface area contributed by atoms with Crippen molar-refractivity contribution in [2.75, 3.05) is 4.90 Å². The molecule has 1 aliphatic heterocycles. The summed E-state index contributed by atoms with van der Waals surface area (Å²) >= 11 is 1.85. The van der Waals surface area contributed by atoms with Crippen molar-refractivity contribution in [3.05, 3.63) is 24.3 Å². The van der Waals surface area contributed by atoms with Crippen molar-refractivity contribution in [3.63, 3.8) is 0 Å². The van der Waals surface area contributed by atoms with E-state index in [4.69, 9.17) is 0 Å². The van der Waals surface area contributed by atoms with Gasteiger partial charge in [0.2, 0.25) is 5.91 Å². The Labute approximate surface area is 94.7 Å². The lowest BCUT2D eigenvalue weighted by molar-refractivity contribution is -0.117. The van der Waals surface area contributed by atoms with E-state index in [2.05, 4.69) is 19.9 Å². The fraction of sp³-hybridized carbons (Fsp3) is 0.417. The Morgan fingerprint density at radius 3 is 2.67 bits per heavy atom. The maximum atomic E-state index is 11.6. The fourth-order valence-corrected chi connectivity index (χ4v) is 3.10. The van der Waals surface area contributed by atoms with E-state index < -0.39 is 0 Å². The van der Waals surface area contributed by atoms with E-state index in [0.717, 1.165) is 5.69 Å². The van der Waals surface area contributed by atoms with Crippen LogP contribution in [0.3, 0.4) is 0 Å². The average Bonchev–Trinajstić information content (AvgIpc) is 2.19. The van der Waals surface area contributed by atoms with Crippen LogP contribution >= 0.6 is 11.8 Å². The molecule has 0 saturated carbocycles. The van der Waals surface area contributed by atoms with Crippen molar-refractivity contribution in [1.29, 1.82) is 0 Å². The smallest absolute Gasteiger partial charge is 0.224 e. The summed E-state index contributed by atoms with van der Waals surface area (Å²) < 4.78 is 0. The van der Waals surface area contributed by atoms with Crippen LogP contribution in [0.4, 0.5) is 5.69 Å². The van der Waals surface area contributed by atoms with Crippen molar-refractivity contribution >= 4 is 23.4 Å². The third kappa shape index (κ3) is 1.76. The van der Waals surface area contributed by atoms with Crippen LogP contribution in [0, 0.1) is 0 Å². The highest BCUT2D eigenvalue weighted by molar-refractivity contribution is 8.00. The van der Waals surface area contributed by atoms with Gasteiger partial charge in [-0.2, -0.15) is 0 Å². The van der Waals surface area contributed by atoms with Gasteiger partial charge in [0.25, 0.3) is 0 Å². The summed E-state index contributed by atoms with van der Waals surface area (Å²) in [4.78, 5) is 14.7. The van der Waals surface area contributed by atoms with Crippen LogP contribution in [-0.4, -0.2) is 17.2 Å². The molecule has 0 radical (unpaired) electrons. The molecule has 1 aromatic carbocycles. The number of amides is 1. The van der Waals surface area contributed by atoms with Gasteiger partial charge in [-0.3, -0.25) is 4.79 Å². The van der Waals surface area contributed by atoms with Gasteiger partial charge in [-0.25, -0.2) is 0 Å². The van der Waals surface area contributed by atoms with Gasteiger partial charge in [-0.15, -0.1) is 11.8 Å². The molecule has 2 rings (SSSR count). The minimum atomic E-state index is 0.127. The molecule has 1 heterocycles. The van der Waals surface area contributed by atoms with E-state index in [-0.39, 0.29) is 11.9 Å². The molecule has 0 spiro atoms. The van der Waals surface area contributed by atoms with Crippen LogP contribution in [0.5, 0.6) is 0 Å². The number of para-hydroxylation sites is 1. The molecule has 0 bridgehead atoms. The molecule has 3 heteroatoms. The summed E-state index contributed by atoms with van der Waals surface area (Å²) in [7, 11) is 0. The van der Waals surface area contributed by atoms with Crippen molar-refractivity contribution in [1.82, 2.24) is 0 Å². The van der Waals surface area contributed by atoms with Gasteiger partial charge in [-0.1, -0.05) is 19.1 Å². The number of hydrogen-bond donors (Lipinski definition) is 0. The van der Waals surface area contributed by atoms with Gasteiger partial charge in [0, 0.05) is 23.1 Å². The maximum Gasteiger partial charge on any atom is 0.224 e. The molecule has 0 aliphatic carbocycles. The Hall–Kier alpha value is -0.960. The molecule has 2 nitrogen and oxygen atoms in total. The number of benzene rings is 1. The average molecular weight is 221 g/mol. The van der Waals surface area contributed by atoms with Crippen LogP contribution in [0.2, 0.25) is 0 Å². The van der Waals surface area contributed by atoms with Crippen LogP contribution in [0.25, 0.3) is 0 Å². The summed E-state index contributed by atoms with van der Waals surface area (Å²) in [6, 6.07) is 8.37. The minimum absolute atomic E-state index is 0.127. The molecule has 0 aromatic heterocycles. The first-order valence-corrected chi connectivity index (χ1v) is 6.04. The first kappa shape index (κ1) is 10.6. The number of anilines is 1. The zero-order valence-electron chi connectivity index (χ0n) is 9.23. The van der Waals surface area contributed by atoms with Crippen molar-refractivity contribution in [3.8, 4) is 0 Å². The second-order valence-corrected chi connectivity index (χ2v) is 5.34. The molecule has 1 amide bonds. The highest BCUT2D eigenvalue weighted by Crippen LogP contribution is 2.41. The monoisotopic (exact) mass is 221 g/mol. The lowest BCUT2D eigenvalue weighted by atomic mass is 10.1. The second-order valence-electron chi connectivity index (χ2n) is 3.92. The van der Waals surface area contributed by atoms with Crippen LogP contribution in [0.15, 0.2) is 29.2 Å². The maximum absolute atomic E-state index is 11.6. The fourth-order valence-electron chi connectivity index (χ4n) is 1.94. The van der Waals surface area contributed by atoms with E-state index in [1.165, 1.54) is 4.90 Å². The first-order valence-electron chi connectivity index (χ1n) is 5.16. The number of nitrogens with zero attached hydrogens (tertiary/aromatic N) is 1. The molecule has 0 fully saturated rings. The number of rotatable bonds is 0. The van der Waals surface area contributed by atoms with Crippen molar-refractivity contribution in [2.24, 2.45) is 0 Å². The van der Waals surface area contributed by atoms with Gasteiger partial charge >= 0.3 is 0 Å². The van der Waals surface area contributed by atoms with E-state index >= 15 is 0 Å². The van der Waals surface area contributed by atoms with Gasteiger partial charge in [0.1, 0.15) is 0 Å². The third-order valence-electron chi connectivity index (χ3n) is 2.86. The van der Waals surface area contributed by atoms with E-state index in [0.29, 0.717) is 5.25 Å². The largest absolute Gasteiger partial charge is 0.308 e. The summed E-state index contributed by atoms with van der Waals surface area (Å²) in [5.41, 5.74) is 1.06. The van der Waals surface area contributed by atoms with Crippen LogP contribution in [0.1, 0.15) is 20.8 Å². The molecule has 2 atom stereocenters. The standard InChI is InChI=1S/C12H15NOS/c1-8-9(2)15-12-7-5-4-6-11(12)13(8)10(3)14/h4-9H,1-3H3. The summed E-state index contributed by atoms with van der Waals surface area (Å²) in [5, 5.41) is 0.448. The molecule has 0 saturated heterocycles. The van der Waals surface area contributed by atoms with Gasteiger partial charge in [-0.05, 0) is 19.1 Å². The van der Waals surface area contributed by atoms with E-state index in [1.807, 2.05) is 34.9 Å². The van der Waals surface area contributed by atoms with E-state index in [1.54, 1.807) is 6.92 Å². The summed E-state index contributed by atoms with van der Waals surface area (Å²) in [6.07, 6.45) is 0. The zero-order chi connectivity index (χ0) is 11.0. The van der Waals surface area contributed by atoms with Crippen molar-refractivity contribution < 1.29 is 4.79 Å². The Bertz CT molecular complexity index is 391. The highest BCUT2D eigenvalue weighted by Gasteiger charge is 2.31. The zero-order valence-corrected chi connectivity index (χ0v) is 10.0. The Morgan fingerprint density at radius 1 is 1.33 bits per heavy atom. The number of carbonyl (C=O) groups excluding carboxylic acids is 1. The third-order valence-corrected chi connectivity index (χ3v) is 4.23. The molecular weight excluding hydrogens is 206 g/mol. The predicted octanol–water partition coefficient (Wildman–Crippen LogP) is 2.92. The summed E-state index contributed by atoms with van der Waals surface area (Å²) in [6.45, 7) is 5.91. The SMILES string of the molecule is CC(=O)N1c2ccccc2SC(C)C1C. The molecule has 1 aromatic rings. The first-order chi connectivity index (χ1) is 7.11. The Morgan fingerprint density at radius 2 is 2.00 bits per heavy atom. The number of fused-ring (bicyclic) bond motifs is 1. The van der Waals surface area contributed by atoms with Gasteiger partial charge in [0.05, 0.1) is 5.69 Å². The molecular formula is C12H15NOS. The van der Waals surface area contributed by atoms with E-state index in [9.17, 15) is 4.79 Å². The predicted molar refractivity (Wildman–Crippen MR) is 64.4 cm³/mol. The lowest BCUT2D eigenvalue weighted by Gasteiger charge is -2.38. The number of thioether (sulfide) groups is 1. The Kier molecular flexibility index (Phi) is 2.74. The van der Waals surface area contributed by atoms with Crippen LogP contribution < -0.4 is 4.90 Å². The van der Waals surface area contributed by atoms with Gasteiger partial charge < -0.3 is 4.90 Å². The van der Waals surface area contributed by atoms with Crippen LogP contribution in [-0.2, 0) is 4.79 Å². The number of hydrogen-bond acceptors (Lipinski definition) is 2. The molecule has 80 valence electrons. The lowest BCUT2D eigenvalue weighted by Crippen LogP contribution is -2.44. The molecule has 2 unspecified atom stereocenters. The highest BCUT2D eigenvalue weighted by atomic mass is 32.2. The second kappa shape index (κ2) is 3.89. The molecule has 1 aliphatic rings. The molecule has 0 N–H and O–H groups in total. The quantitative estimate of drug-likeness (QED) is 0.671. The normalized spacial score (nSPS) is 24.9.